The lowest BCUT2D eigenvalue weighted by Crippen LogP contribution is -2.64. The lowest BCUT2D eigenvalue weighted by molar-refractivity contribution is -0.344. The first-order valence-corrected chi connectivity index (χ1v) is 12.7. The zero-order valence-corrected chi connectivity index (χ0v) is 21.2. The molecule has 6 rings (SSSR count). The maximum absolute atomic E-state index is 13.9. The van der Waals surface area contributed by atoms with Crippen molar-refractivity contribution in [2.45, 2.75) is 42.5 Å². The fraction of sp³-hybridized carbons (Fsp3) is 0.333. The van der Waals surface area contributed by atoms with E-state index in [1.165, 1.54) is 12.4 Å². The highest BCUT2D eigenvalue weighted by atomic mass is 19.2. The monoisotopic (exact) mass is 571 g/mol. The van der Waals surface area contributed by atoms with Crippen molar-refractivity contribution in [2.75, 3.05) is 13.2 Å². The quantitative estimate of drug-likeness (QED) is 0.260. The van der Waals surface area contributed by atoms with Gasteiger partial charge in [-0.3, -0.25) is 9.78 Å². The van der Waals surface area contributed by atoms with E-state index in [2.05, 4.69) is 15.3 Å². The van der Waals surface area contributed by atoms with Crippen LogP contribution in [0.4, 0.5) is 13.2 Å². The predicted octanol–water partition coefficient (Wildman–Crippen LogP) is 1.56. The molecule has 4 heterocycles. The Balaban J connectivity index is 1.43. The van der Waals surface area contributed by atoms with Crippen LogP contribution >= 0.6 is 0 Å². The predicted molar refractivity (Wildman–Crippen MR) is 135 cm³/mol. The number of nitrogens with two attached hydrogens (primary N) is 1. The van der Waals surface area contributed by atoms with Gasteiger partial charge < -0.3 is 30.5 Å². The highest BCUT2D eigenvalue weighted by molar-refractivity contribution is 6.06. The average molecular weight is 572 g/mol. The van der Waals surface area contributed by atoms with Crippen molar-refractivity contribution in [3.05, 3.63) is 77.5 Å². The van der Waals surface area contributed by atoms with Gasteiger partial charge in [-0.15, -0.1) is 5.10 Å². The van der Waals surface area contributed by atoms with Gasteiger partial charge in [0.2, 0.25) is 11.7 Å². The summed E-state index contributed by atoms with van der Waals surface area (Å²) in [4.78, 5) is 16.6. The normalized spacial score (nSPS) is 28.0. The highest BCUT2D eigenvalue weighted by Gasteiger charge is 2.62. The third kappa shape index (κ3) is 4.26. The second kappa shape index (κ2) is 10.2. The molecule has 2 aromatic carbocycles. The second-order valence-electron chi connectivity index (χ2n) is 9.97. The number of ether oxygens (including phenoxy) is 2. The minimum atomic E-state index is -1.83. The molecule has 2 saturated heterocycles. The number of hydrogen-bond acceptors (Lipinski definition) is 9. The Labute approximate surface area is 229 Å². The summed E-state index contributed by atoms with van der Waals surface area (Å²) in [5.41, 5.74) is 6.08. The second-order valence-corrected chi connectivity index (χ2v) is 9.97. The number of fused-ring (bicyclic) bond motifs is 1. The van der Waals surface area contributed by atoms with E-state index in [1.54, 1.807) is 24.3 Å². The fourth-order valence-electron chi connectivity index (χ4n) is 5.82. The van der Waals surface area contributed by atoms with Crippen LogP contribution < -0.4 is 5.73 Å². The molecule has 0 unspecified atom stereocenters. The standard InChI is InChI=1S/C27H24F3N5O6/c28-17-8-12(9-18(29)21(17)30)19-10-35(34-33-19)23-24(37)20(11-36)41-27(25(23)38)16(5-7-40-27)22-14-2-1-3-15(26(31)39)13(14)4-6-32-22/h1-4,6,8-10,16,20,23-25,36-38H,5,7,11H2,(H2,31,39)/t16-,20-,23+,24+,25-,27+/m1/s1. The van der Waals surface area contributed by atoms with Gasteiger partial charge in [0.05, 0.1) is 31.0 Å². The van der Waals surface area contributed by atoms with Gasteiger partial charge in [0.15, 0.2) is 17.5 Å². The molecule has 0 aliphatic carbocycles. The number of pyridine rings is 1. The molecule has 5 N–H and O–H groups in total. The van der Waals surface area contributed by atoms with Gasteiger partial charge in [-0.2, -0.15) is 0 Å². The number of carbonyl (C=O) groups excluding carboxylic acids is 1. The Kier molecular flexibility index (Phi) is 6.74. The number of rotatable bonds is 5. The molecule has 2 aliphatic heterocycles. The van der Waals surface area contributed by atoms with Crippen molar-refractivity contribution in [2.24, 2.45) is 5.73 Å². The first-order valence-electron chi connectivity index (χ1n) is 12.7. The number of aliphatic hydroxyl groups is 3. The summed E-state index contributed by atoms with van der Waals surface area (Å²) in [5.74, 6) is -7.70. The molecule has 2 fully saturated rings. The van der Waals surface area contributed by atoms with Gasteiger partial charge in [0.25, 0.3) is 0 Å². The number of hydrogen-bond donors (Lipinski definition) is 4. The van der Waals surface area contributed by atoms with Crippen molar-refractivity contribution in [3.8, 4) is 11.3 Å². The van der Waals surface area contributed by atoms with E-state index >= 15 is 0 Å². The summed E-state index contributed by atoms with van der Waals surface area (Å²) >= 11 is 0. The first-order chi connectivity index (χ1) is 19.7. The summed E-state index contributed by atoms with van der Waals surface area (Å²) < 4.78 is 54.4. The Morgan fingerprint density at radius 3 is 2.61 bits per heavy atom. The van der Waals surface area contributed by atoms with Crippen molar-refractivity contribution >= 4 is 16.7 Å². The van der Waals surface area contributed by atoms with Crippen LogP contribution in [-0.2, 0) is 9.47 Å². The van der Waals surface area contributed by atoms with E-state index in [0.717, 1.165) is 16.8 Å². The van der Waals surface area contributed by atoms with Crippen LogP contribution in [0, 0.1) is 17.5 Å². The number of aromatic nitrogens is 4. The molecule has 1 amide bonds. The topological polar surface area (TPSA) is 166 Å². The van der Waals surface area contributed by atoms with Crippen LogP contribution in [-0.4, -0.2) is 78.5 Å². The van der Waals surface area contributed by atoms with E-state index in [4.69, 9.17) is 15.2 Å². The van der Waals surface area contributed by atoms with E-state index in [9.17, 15) is 33.3 Å². The summed E-state index contributed by atoms with van der Waals surface area (Å²) in [5, 5.41) is 41.9. The highest BCUT2D eigenvalue weighted by Crippen LogP contribution is 2.51. The number of nitrogens with zero attached hydrogens (tertiary/aromatic N) is 4. The molecule has 0 radical (unpaired) electrons. The molecule has 4 aromatic rings. The molecule has 2 aromatic heterocycles. The van der Waals surface area contributed by atoms with Crippen molar-refractivity contribution in [3.63, 3.8) is 0 Å². The Bertz CT molecular complexity index is 1630. The van der Waals surface area contributed by atoms with Crippen LogP contribution in [0.1, 0.15) is 34.4 Å². The maximum atomic E-state index is 13.9. The molecule has 0 bridgehead atoms. The van der Waals surface area contributed by atoms with Gasteiger partial charge in [0.1, 0.15) is 30.0 Å². The minimum absolute atomic E-state index is 0.0677. The van der Waals surface area contributed by atoms with Crippen molar-refractivity contribution < 1.29 is 42.8 Å². The molecule has 2 aliphatic rings. The smallest absolute Gasteiger partial charge is 0.249 e. The number of benzene rings is 2. The van der Waals surface area contributed by atoms with Gasteiger partial charge in [-0.05, 0) is 36.1 Å². The van der Waals surface area contributed by atoms with Gasteiger partial charge >= 0.3 is 0 Å². The Hall–Kier alpha value is -3.95. The third-order valence-corrected chi connectivity index (χ3v) is 7.73. The first kappa shape index (κ1) is 27.2. The summed E-state index contributed by atoms with van der Waals surface area (Å²) in [6.07, 6.45) is -1.37. The van der Waals surface area contributed by atoms with Crippen LogP contribution in [0.15, 0.2) is 48.8 Å². The molecular weight excluding hydrogens is 547 g/mol. The summed E-state index contributed by atoms with van der Waals surface area (Å²) in [7, 11) is 0. The summed E-state index contributed by atoms with van der Waals surface area (Å²) in [6.45, 7) is -0.542. The summed E-state index contributed by atoms with van der Waals surface area (Å²) in [6, 6.07) is 6.78. The number of amides is 1. The van der Waals surface area contributed by atoms with Crippen molar-refractivity contribution in [1.29, 1.82) is 0 Å². The van der Waals surface area contributed by atoms with E-state index < -0.39 is 66.0 Å². The zero-order chi connectivity index (χ0) is 29.1. The molecule has 0 saturated carbocycles. The van der Waals surface area contributed by atoms with Crippen LogP contribution in [0.2, 0.25) is 0 Å². The Morgan fingerprint density at radius 1 is 1.15 bits per heavy atom. The van der Waals surface area contributed by atoms with E-state index in [0.29, 0.717) is 22.9 Å². The average Bonchev–Trinajstić information content (AvgIpc) is 3.61. The number of primary amides is 1. The Morgan fingerprint density at radius 2 is 1.90 bits per heavy atom. The maximum Gasteiger partial charge on any atom is 0.249 e. The van der Waals surface area contributed by atoms with E-state index in [1.807, 2.05) is 0 Å². The van der Waals surface area contributed by atoms with Gasteiger partial charge in [0, 0.05) is 22.7 Å². The van der Waals surface area contributed by atoms with Crippen LogP contribution in [0.5, 0.6) is 0 Å². The zero-order valence-electron chi connectivity index (χ0n) is 21.2. The molecular formula is C27H24F3N5O6. The molecule has 1 spiro atoms. The molecule has 214 valence electrons. The number of halogens is 3. The minimum Gasteiger partial charge on any atom is -0.394 e. The molecule has 14 heteroatoms. The fourth-order valence-corrected chi connectivity index (χ4v) is 5.82. The van der Waals surface area contributed by atoms with Crippen LogP contribution in [0.25, 0.3) is 22.0 Å². The molecule has 11 nitrogen and oxygen atoms in total. The molecule has 6 atom stereocenters. The lowest BCUT2D eigenvalue weighted by atomic mass is 9.80. The van der Waals surface area contributed by atoms with Crippen LogP contribution in [0.3, 0.4) is 0 Å². The van der Waals surface area contributed by atoms with Crippen molar-refractivity contribution in [1.82, 2.24) is 20.0 Å². The molecule has 41 heavy (non-hydrogen) atoms. The SMILES string of the molecule is NC(=O)c1cccc2c([C@H]3CCO[C@]34O[C@H](CO)[C@H](O)[C@H](n3cc(-c5cc(F)c(F)c(F)c5)nn3)[C@H]4O)nccc12. The third-order valence-electron chi connectivity index (χ3n) is 7.73. The van der Waals surface area contributed by atoms with Gasteiger partial charge in [-0.25, -0.2) is 17.9 Å². The van der Waals surface area contributed by atoms with Gasteiger partial charge in [-0.1, -0.05) is 17.3 Å². The largest absolute Gasteiger partial charge is 0.394 e. The number of aliphatic hydroxyl groups excluding tert-OH is 3. The lowest BCUT2D eigenvalue weighted by Gasteiger charge is -2.49. The van der Waals surface area contributed by atoms with E-state index in [-0.39, 0.29) is 23.4 Å². The number of carbonyl (C=O) groups is 1.